The average Bonchev–Trinajstić information content (AvgIpc) is 3.33. The topological polar surface area (TPSA) is 59.5 Å². The third kappa shape index (κ3) is 7.04. The molecule has 0 amide bonds. The number of aromatic nitrogens is 2. The summed E-state index contributed by atoms with van der Waals surface area (Å²) in [6.45, 7) is 10.1. The van der Waals surface area contributed by atoms with E-state index in [2.05, 4.69) is 73.4 Å². The molecular weight excluding hydrogens is 504 g/mol. The number of benzene rings is 2. The monoisotopic (exact) mass is 542 g/mol. The van der Waals surface area contributed by atoms with Gasteiger partial charge in [-0.2, -0.15) is 0 Å². The summed E-state index contributed by atoms with van der Waals surface area (Å²) >= 11 is 1.62. The molecule has 2 aromatic carbocycles. The molecule has 0 unspecified atom stereocenters. The predicted octanol–water partition coefficient (Wildman–Crippen LogP) is 7.90. The summed E-state index contributed by atoms with van der Waals surface area (Å²) in [7, 11) is 2.19. The molecule has 2 aromatic heterocycles. The lowest BCUT2D eigenvalue weighted by atomic mass is 9.86. The zero-order valence-corrected chi connectivity index (χ0v) is 24.1. The van der Waals surface area contributed by atoms with Gasteiger partial charge in [-0.05, 0) is 68.1 Å². The van der Waals surface area contributed by atoms with Crippen molar-refractivity contribution in [2.24, 2.45) is 5.92 Å². The van der Waals surface area contributed by atoms with E-state index in [-0.39, 0.29) is 5.41 Å². The fourth-order valence-electron chi connectivity index (χ4n) is 4.83. The van der Waals surface area contributed by atoms with Crippen molar-refractivity contribution in [1.82, 2.24) is 14.9 Å². The van der Waals surface area contributed by atoms with Crippen LogP contribution in [0.5, 0.6) is 11.6 Å². The number of likely N-dealkylation sites (tertiary alicyclic amines) is 1. The number of ether oxygens (including phenoxy) is 2. The minimum Gasteiger partial charge on any atom is -0.437 e. The largest absolute Gasteiger partial charge is 0.437 e. The van der Waals surface area contributed by atoms with Gasteiger partial charge in [-0.1, -0.05) is 80.6 Å². The molecule has 204 valence electrons. The molecule has 0 aliphatic carbocycles. The first-order valence-corrected chi connectivity index (χ1v) is 14.5. The summed E-state index contributed by atoms with van der Waals surface area (Å²) in [5.74, 6) is 1.94. The summed E-state index contributed by atoms with van der Waals surface area (Å²) in [5, 5.41) is 4.27. The number of anilines is 2. The number of piperidine rings is 1. The molecule has 0 radical (unpaired) electrons. The van der Waals surface area contributed by atoms with Crippen LogP contribution in [0.2, 0.25) is 0 Å². The highest BCUT2D eigenvalue weighted by atomic mass is 32.1. The Morgan fingerprint density at radius 1 is 0.974 bits per heavy atom. The second-order valence-corrected chi connectivity index (χ2v) is 12.3. The molecule has 6 nitrogen and oxygen atoms in total. The molecule has 1 fully saturated rings. The van der Waals surface area contributed by atoms with Gasteiger partial charge in [-0.15, -0.1) is 0 Å². The SMILES string of the molecule is CN1CCC(COCc2nc(Nc3cccnc3Oc3ccccc3C(C)(C)C)sc2-c2ccccc2)CC1. The van der Waals surface area contributed by atoms with Gasteiger partial charge < -0.3 is 19.7 Å². The predicted molar refractivity (Wildman–Crippen MR) is 160 cm³/mol. The number of rotatable bonds is 9. The van der Waals surface area contributed by atoms with Crippen molar-refractivity contribution in [3.05, 3.63) is 84.2 Å². The zero-order chi connectivity index (χ0) is 27.2. The van der Waals surface area contributed by atoms with Gasteiger partial charge in [0.15, 0.2) is 5.13 Å². The van der Waals surface area contributed by atoms with Crippen LogP contribution in [0.15, 0.2) is 72.9 Å². The number of hydrogen-bond donors (Lipinski definition) is 1. The van der Waals surface area contributed by atoms with Crippen LogP contribution < -0.4 is 10.1 Å². The van der Waals surface area contributed by atoms with Crippen molar-refractivity contribution >= 4 is 22.2 Å². The second kappa shape index (κ2) is 12.3. The summed E-state index contributed by atoms with van der Waals surface area (Å²) in [4.78, 5) is 13.0. The van der Waals surface area contributed by atoms with E-state index in [1.165, 1.54) is 12.8 Å². The molecule has 1 N–H and O–H groups in total. The van der Waals surface area contributed by atoms with E-state index in [1.54, 1.807) is 17.5 Å². The Bertz CT molecular complexity index is 1360. The molecular formula is C32H38N4O2S. The highest BCUT2D eigenvalue weighted by Crippen LogP contribution is 2.39. The molecule has 4 aromatic rings. The summed E-state index contributed by atoms with van der Waals surface area (Å²) < 4.78 is 12.6. The van der Waals surface area contributed by atoms with Crippen LogP contribution in [-0.2, 0) is 16.8 Å². The summed E-state index contributed by atoms with van der Waals surface area (Å²) in [6.07, 6.45) is 4.13. The van der Waals surface area contributed by atoms with E-state index in [0.717, 1.165) is 58.0 Å². The number of nitrogens with zero attached hydrogens (tertiary/aromatic N) is 3. The second-order valence-electron chi connectivity index (χ2n) is 11.3. The quantitative estimate of drug-likeness (QED) is 0.232. The zero-order valence-electron chi connectivity index (χ0n) is 23.3. The van der Waals surface area contributed by atoms with E-state index in [9.17, 15) is 0 Å². The van der Waals surface area contributed by atoms with Crippen LogP contribution in [0.1, 0.15) is 44.9 Å². The molecule has 0 saturated carbocycles. The number of nitrogens with one attached hydrogen (secondary N) is 1. The highest BCUT2D eigenvalue weighted by molar-refractivity contribution is 7.19. The van der Waals surface area contributed by atoms with Crippen LogP contribution in [0, 0.1) is 5.92 Å². The Kier molecular flexibility index (Phi) is 8.60. The van der Waals surface area contributed by atoms with Gasteiger partial charge in [-0.25, -0.2) is 9.97 Å². The number of thiazole rings is 1. The van der Waals surface area contributed by atoms with Crippen LogP contribution in [0.4, 0.5) is 10.8 Å². The third-order valence-corrected chi connectivity index (χ3v) is 8.14. The molecule has 1 aliphatic heterocycles. The molecule has 1 aliphatic rings. The smallest absolute Gasteiger partial charge is 0.243 e. The van der Waals surface area contributed by atoms with Crippen molar-refractivity contribution in [2.45, 2.75) is 45.6 Å². The normalized spacial score (nSPS) is 14.9. The lowest BCUT2D eigenvalue weighted by Gasteiger charge is -2.28. The van der Waals surface area contributed by atoms with Crippen molar-refractivity contribution in [2.75, 3.05) is 32.1 Å². The van der Waals surface area contributed by atoms with Crippen LogP contribution in [0.3, 0.4) is 0 Å². The Morgan fingerprint density at radius 2 is 1.72 bits per heavy atom. The summed E-state index contributed by atoms with van der Waals surface area (Å²) in [6, 6.07) is 22.4. The minimum atomic E-state index is -0.0543. The van der Waals surface area contributed by atoms with E-state index in [0.29, 0.717) is 18.4 Å². The van der Waals surface area contributed by atoms with E-state index in [4.69, 9.17) is 14.5 Å². The standard InChI is InChI=1S/C32H38N4O2S/c1-32(2,3)25-13-8-9-15-28(25)38-30-26(14-10-18-33-30)34-31-35-27(29(39-31)24-11-6-5-7-12-24)22-37-21-23-16-19-36(4)20-17-23/h5-15,18,23H,16-17,19-22H2,1-4H3,(H,34,35). The molecule has 5 rings (SSSR count). The van der Waals surface area contributed by atoms with E-state index in [1.807, 2.05) is 36.4 Å². The maximum Gasteiger partial charge on any atom is 0.243 e. The lowest BCUT2D eigenvalue weighted by Crippen LogP contribution is -2.31. The Balaban J connectivity index is 1.36. The molecule has 0 spiro atoms. The van der Waals surface area contributed by atoms with Gasteiger partial charge in [-0.3, -0.25) is 0 Å². The first-order chi connectivity index (χ1) is 18.9. The Morgan fingerprint density at radius 3 is 2.49 bits per heavy atom. The molecule has 3 heterocycles. The van der Waals surface area contributed by atoms with E-state index < -0.39 is 0 Å². The number of pyridine rings is 1. The molecule has 0 atom stereocenters. The van der Waals surface area contributed by atoms with Gasteiger partial charge >= 0.3 is 0 Å². The first kappa shape index (κ1) is 27.3. The van der Waals surface area contributed by atoms with Crippen molar-refractivity contribution in [3.8, 4) is 22.1 Å². The Hall–Kier alpha value is -3.26. The third-order valence-electron chi connectivity index (χ3n) is 7.08. The fourth-order valence-corrected chi connectivity index (χ4v) is 5.82. The minimum absolute atomic E-state index is 0.0543. The number of hydrogen-bond acceptors (Lipinski definition) is 7. The lowest BCUT2D eigenvalue weighted by molar-refractivity contribution is 0.0611. The fraction of sp³-hybridized carbons (Fsp3) is 0.375. The summed E-state index contributed by atoms with van der Waals surface area (Å²) in [5.41, 5.74) is 3.94. The maximum atomic E-state index is 6.38. The van der Waals surface area contributed by atoms with Crippen LogP contribution in [0.25, 0.3) is 10.4 Å². The maximum absolute atomic E-state index is 6.38. The Labute approximate surface area is 236 Å². The highest BCUT2D eigenvalue weighted by Gasteiger charge is 2.21. The first-order valence-electron chi connectivity index (χ1n) is 13.7. The molecule has 1 saturated heterocycles. The number of para-hydroxylation sites is 1. The van der Waals surface area contributed by atoms with Crippen LogP contribution >= 0.6 is 11.3 Å². The van der Waals surface area contributed by atoms with Gasteiger partial charge in [0, 0.05) is 11.8 Å². The van der Waals surface area contributed by atoms with Gasteiger partial charge in [0.25, 0.3) is 0 Å². The average molecular weight is 543 g/mol. The van der Waals surface area contributed by atoms with Gasteiger partial charge in [0.2, 0.25) is 5.88 Å². The molecule has 7 heteroatoms. The van der Waals surface area contributed by atoms with Gasteiger partial charge in [0.1, 0.15) is 11.4 Å². The van der Waals surface area contributed by atoms with E-state index >= 15 is 0 Å². The van der Waals surface area contributed by atoms with Crippen molar-refractivity contribution in [1.29, 1.82) is 0 Å². The molecule has 0 bridgehead atoms. The van der Waals surface area contributed by atoms with Crippen molar-refractivity contribution in [3.63, 3.8) is 0 Å². The van der Waals surface area contributed by atoms with Gasteiger partial charge in [0.05, 0.1) is 23.8 Å². The van der Waals surface area contributed by atoms with Crippen molar-refractivity contribution < 1.29 is 9.47 Å². The van der Waals surface area contributed by atoms with Crippen LogP contribution in [-0.4, -0.2) is 41.6 Å². The molecule has 39 heavy (non-hydrogen) atoms.